The predicted octanol–water partition coefficient (Wildman–Crippen LogP) is 1.91. The zero-order chi connectivity index (χ0) is 11.5. The van der Waals surface area contributed by atoms with Gasteiger partial charge in [-0.1, -0.05) is 30.3 Å². The van der Waals surface area contributed by atoms with E-state index in [9.17, 15) is 0 Å². The van der Waals surface area contributed by atoms with Crippen molar-refractivity contribution in [1.82, 2.24) is 10.2 Å². The van der Waals surface area contributed by atoms with Gasteiger partial charge in [0, 0.05) is 19.1 Å². The van der Waals surface area contributed by atoms with Crippen molar-refractivity contribution in [3.05, 3.63) is 35.9 Å². The highest BCUT2D eigenvalue weighted by molar-refractivity contribution is 5.14. The summed E-state index contributed by atoms with van der Waals surface area (Å²) in [6.45, 7) is 5.06. The Bertz CT molecular complexity index is 349. The van der Waals surface area contributed by atoms with E-state index in [-0.39, 0.29) is 0 Å². The first kappa shape index (κ1) is 11.2. The zero-order valence-corrected chi connectivity index (χ0v) is 10.4. The van der Waals surface area contributed by atoms with Gasteiger partial charge < -0.3 is 10.2 Å². The number of nitrogens with zero attached hydrogens (tertiary/aromatic N) is 1. The van der Waals surface area contributed by atoms with Gasteiger partial charge in [-0.25, -0.2) is 0 Å². The maximum absolute atomic E-state index is 3.63. The van der Waals surface area contributed by atoms with Crippen molar-refractivity contribution in [2.75, 3.05) is 26.2 Å². The number of fused-ring (bicyclic) bond motifs is 1. The number of rotatable bonds is 3. The maximum atomic E-state index is 3.63. The van der Waals surface area contributed by atoms with Gasteiger partial charge >= 0.3 is 0 Å². The molecule has 2 aliphatic rings. The summed E-state index contributed by atoms with van der Waals surface area (Å²) in [6, 6.07) is 11.7. The fourth-order valence-electron chi connectivity index (χ4n) is 3.26. The molecule has 1 aromatic carbocycles. The molecule has 2 aliphatic heterocycles. The molecule has 0 aliphatic carbocycles. The van der Waals surface area contributed by atoms with Crippen LogP contribution in [0.5, 0.6) is 0 Å². The summed E-state index contributed by atoms with van der Waals surface area (Å²) in [5, 5.41) is 3.63. The molecule has 2 atom stereocenters. The second-order valence-electron chi connectivity index (χ2n) is 5.43. The van der Waals surface area contributed by atoms with E-state index in [0.717, 1.165) is 12.0 Å². The average molecular weight is 230 g/mol. The summed E-state index contributed by atoms with van der Waals surface area (Å²) in [6.07, 6.45) is 3.93. The van der Waals surface area contributed by atoms with Crippen LogP contribution < -0.4 is 5.32 Å². The summed E-state index contributed by atoms with van der Waals surface area (Å²) >= 11 is 0. The van der Waals surface area contributed by atoms with E-state index in [1.54, 1.807) is 0 Å². The monoisotopic (exact) mass is 230 g/mol. The van der Waals surface area contributed by atoms with Gasteiger partial charge in [-0.3, -0.25) is 0 Å². The molecule has 2 fully saturated rings. The van der Waals surface area contributed by atoms with E-state index in [0.29, 0.717) is 0 Å². The Labute approximate surface area is 104 Å². The molecule has 3 rings (SSSR count). The third kappa shape index (κ3) is 2.70. The lowest BCUT2D eigenvalue weighted by atomic mass is 9.93. The van der Waals surface area contributed by atoms with Crippen molar-refractivity contribution in [3.8, 4) is 0 Å². The van der Waals surface area contributed by atoms with Gasteiger partial charge in [-0.05, 0) is 43.8 Å². The normalized spacial score (nSPS) is 29.2. The van der Waals surface area contributed by atoms with Crippen LogP contribution in [0.2, 0.25) is 0 Å². The first-order chi connectivity index (χ1) is 8.42. The Morgan fingerprint density at radius 3 is 2.94 bits per heavy atom. The minimum atomic E-state index is 0.822. The smallest absolute Gasteiger partial charge is 0.0120 e. The third-order valence-corrected chi connectivity index (χ3v) is 4.30. The van der Waals surface area contributed by atoms with Gasteiger partial charge in [0.05, 0.1) is 0 Å². The Morgan fingerprint density at radius 1 is 1.18 bits per heavy atom. The standard InChI is InChI=1S/C15H22N2/c1-2-4-13(5-3-1)7-10-17-11-8-15-14(12-17)6-9-16-15/h1-5,14-16H,6-12H2. The molecule has 2 heterocycles. The van der Waals surface area contributed by atoms with E-state index in [4.69, 9.17) is 0 Å². The number of hydrogen-bond donors (Lipinski definition) is 1. The Balaban J connectivity index is 1.50. The van der Waals surface area contributed by atoms with Crippen LogP contribution in [0.3, 0.4) is 0 Å². The first-order valence-electron chi connectivity index (χ1n) is 6.91. The van der Waals surface area contributed by atoms with Crippen molar-refractivity contribution < 1.29 is 0 Å². The van der Waals surface area contributed by atoms with Gasteiger partial charge in [0.15, 0.2) is 0 Å². The van der Waals surface area contributed by atoms with Crippen LogP contribution in [0.4, 0.5) is 0 Å². The van der Waals surface area contributed by atoms with E-state index >= 15 is 0 Å². The molecule has 2 heteroatoms. The molecule has 92 valence electrons. The topological polar surface area (TPSA) is 15.3 Å². The molecule has 2 nitrogen and oxygen atoms in total. The molecule has 2 unspecified atom stereocenters. The molecule has 1 N–H and O–H groups in total. The average Bonchev–Trinajstić information content (AvgIpc) is 2.85. The van der Waals surface area contributed by atoms with Crippen LogP contribution in [0, 0.1) is 5.92 Å². The van der Waals surface area contributed by atoms with Crippen molar-refractivity contribution in [3.63, 3.8) is 0 Å². The van der Waals surface area contributed by atoms with Gasteiger partial charge in [0.25, 0.3) is 0 Å². The molecule has 0 bridgehead atoms. The highest BCUT2D eigenvalue weighted by Gasteiger charge is 2.32. The number of hydrogen-bond acceptors (Lipinski definition) is 2. The Morgan fingerprint density at radius 2 is 2.06 bits per heavy atom. The zero-order valence-electron chi connectivity index (χ0n) is 10.4. The van der Waals surface area contributed by atoms with Crippen LogP contribution in [-0.2, 0) is 6.42 Å². The largest absolute Gasteiger partial charge is 0.314 e. The highest BCUT2D eigenvalue weighted by Crippen LogP contribution is 2.24. The summed E-state index contributed by atoms with van der Waals surface area (Å²) in [5.41, 5.74) is 1.47. The minimum absolute atomic E-state index is 0.822. The molecule has 0 spiro atoms. The van der Waals surface area contributed by atoms with Crippen molar-refractivity contribution >= 4 is 0 Å². The second-order valence-corrected chi connectivity index (χ2v) is 5.43. The maximum Gasteiger partial charge on any atom is 0.0120 e. The summed E-state index contributed by atoms with van der Waals surface area (Å²) in [5.74, 6) is 0.916. The van der Waals surface area contributed by atoms with E-state index < -0.39 is 0 Å². The Hall–Kier alpha value is -0.860. The summed E-state index contributed by atoms with van der Waals surface area (Å²) < 4.78 is 0. The third-order valence-electron chi connectivity index (χ3n) is 4.30. The fourth-order valence-corrected chi connectivity index (χ4v) is 3.26. The highest BCUT2D eigenvalue weighted by atomic mass is 15.2. The lowest BCUT2D eigenvalue weighted by molar-refractivity contribution is 0.164. The molecule has 0 saturated carbocycles. The van der Waals surface area contributed by atoms with E-state index in [1.165, 1.54) is 51.0 Å². The molecule has 2 saturated heterocycles. The summed E-state index contributed by atoms with van der Waals surface area (Å²) in [7, 11) is 0. The fraction of sp³-hybridized carbons (Fsp3) is 0.600. The van der Waals surface area contributed by atoms with Crippen LogP contribution in [0.1, 0.15) is 18.4 Å². The molecule has 0 radical (unpaired) electrons. The molecule has 17 heavy (non-hydrogen) atoms. The SMILES string of the molecule is c1ccc(CCN2CCC3NCCC3C2)cc1. The lowest BCUT2D eigenvalue weighted by Crippen LogP contribution is -2.44. The van der Waals surface area contributed by atoms with Crippen molar-refractivity contribution in [2.45, 2.75) is 25.3 Å². The number of piperidine rings is 1. The lowest BCUT2D eigenvalue weighted by Gasteiger charge is -2.34. The molecular weight excluding hydrogens is 208 g/mol. The summed E-state index contributed by atoms with van der Waals surface area (Å²) in [4.78, 5) is 2.65. The van der Waals surface area contributed by atoms with Gasteiger partial charge in [0.2, 0.25) is 0 Å². The van der Waals surface area contributed by atoms with Gasteiger partial charge in [-0.2, -0.15) is 0 Å². The van der Waals surface area contributed by atoms with Crippen molar-refractivity contribution in [2.24, 2.45) is 5.92 Å². The molecule has 1 aromatic rings. The van der Waals surface area contributed by atoms with Crippen molar-refractivity contribution in [1.29, 1.82) is 0 Å². The molecule has 0 amide bonds. The first-order valence-corrected chi connectivity index (χ1v) is 6.91. The molecular formula is C15H22N2. The van der Waals surface area contributed by atoms with Crippen LogP contribution in [0.15, 0.2) is 30.3 Å². The Kier molecular flexibility index (Phi) is 3.44. The minimum Gasteiger partial charge on any atom is -0.314 e. The molecule has 0 aromatic heterocycles. The number of likely N-dealkylation sites (tertiary alicyclic amines) is 1. The number of benzene rings is 1. The number of nitrogens with one attached hydrogen (secondary N) is 1. The van der Waals surface area contributed by atoms with E-state index in [2.05, 4.69) is 40.5 Å². The van der Waals surface area contributed by atoms with Crippen LogP contribution in [0.25, 0.3) is 0 Å². The second kappa shape index (κ2) is 5.19. The van der Waals surface area contributed by atoms with Gasteiger partial charge in [-0.15, -0.1) is 0 Å². The predicted molar refractivity (Wildman–Crippen MR) is 71.1 cm³/mol. The van der Waals surface area contributed by atoms with Crippen LogP contribution in [-0.4, -0.2) is 37.1 Å². The van der Waals surface area contributed by atoms with E-state index in [1.807, 2.05) is 0 Å². The van der Waals surface area contributed by atoms with Gasteiger partial charge in [0.1, 0.15) is 0 Å². The van der Waals surface area contributed by atoms with Crippen LogP contribution >= 0.6 is 0 Å². The quantitative estimate of drug-likeness (QED) is 0.853.